The van der Waals surface area contributed by atoms with Crippen LogP contribution in [0.3, 0.4) is 0 Å². The highest BCUT2D eigenvalue weighted by Crippen LogP contribution is 2.33. The van der Waals surface area contributed by atoms with Gasteiger partial charge in [-0.1, -0.05) is 17.4 Å². The van der Waals surface area contributed by atoms with E-state index in [4.69, 9.17) is 5.73 Å². The monoisotopic (exact) mass is 275 g/mol. The van der Waals surface area contributed by atoms with Gasteiger partial charge in [0.1, 0.15) is 0 Å². The maximum absolute atomic E-state index is 11.9. The molecular formula is C14H17N3OS. The molecule has 1 aliphatic rings. The van der Waals surface area contributed by atoms with Crippen LogP contribution in [0.5, 0.6) is 0 Å². The molecule has 0 aliphatic heterocycles. The molecule has 5 heteroatoms. The fourth-order valence-corrected chi connectivity index (χ4v) is 3.14. The second-order valence-corrected chi connectivity index (χ2v) is 6.27. The second kappa shape index (κ2) is 4.90. The molecule has 1 aromatic carbocycles. The third-order valence-electron chi connectivity index (χ3n) is 3.44. The van der Waals surface area contributed by atoms with Gasteiger partial charge in [0.25, 0.3) is 0 Å². The average molecular weight is 275 g/mol. The lowest BCUT2D eigenvalue weighted by atomic mass is 10.1. The maximum atomic E-state index is 11.9. The smallest absolute Gasteiger partial charge is 0.227 e. The van der Waals surface area contributed by atoms with Crippen LogP contribution in [0.1, 0.15) is 24.8 Å². The lowest BCUT2D eigenvalue weighted by Crippen LogP contribution is -2.28. The topological polar surface area (TPSA) is 68.0 Å². The van der Waals surface area contributed by atoms with Crippen LogP contribution in [-0.4, -0.2) is 16.9 Å². The van der Waals surface area contributed by atoms with Gasteiger partial charge in [-0.25, -0.2) is 4.98 Å². The molecule has 2 aromatic rings. The van der Waals surface area contributed by atoms with Gasteiger partial charge in [-0.05, 0) is 43.4 Å². The highest BCUT2D eigenvalue weighted by Gasteiger charge is 2.29. The number of rotatable bonds is 4. The van der Waals surface area contributed by atoms with E-state index >= 15 is 0 Å². The van der Waals surface area contributed by atoms with Gasteiger partial charge in [-0.15, -0.1) is 0 Å². The van der Waals surface area contributed by atoms with Gasteiger partial charge < -0.3 is 11.1 Å². The Morgan fingerprint density at radius 2 is 2.37 bits per heavy atom. The first-order valence-electron chi connectivity index (χ1n) is 6.54. The molecule has 0 bridgehead atoms. The molecule has 1 fully saturated rings. The molecule has 0 spiro atoms. The highest BCUT2D eigenvalue weighted by atomic mass is 32.1. The average Bonchev–Trinajstić information content (AvgIpc) is 3.11. The lowest BCUT2D eigenvalue weighted by Gasteiger charge is -2.08. The Kier molecular flexibility index (Phi) is 3.24. The summed E-state index contributed by atoms with van der Waals surface area (Å²) in [6.45, 7) is 2.05. The number of fused-ring (bicyclic) bond motifs is 1. The minimum atomic E-state index is -0.0322. The third-order valence-corrected chi connectivity index (χ3v) is 4.37. The molecule has 3 N–H and O–H groups in total. The van der Waals surface area contributed by atoms with Crippen LogP contribution in [0.2, 0.25) is 0 Å². The number of carbonyl (C=O) groups is 1. The lowest BCUT2D eigenvalue weighted by molar-refractivity contribution is -0.116. The number of hydrogen-bond acceptors (Lipinski definition) is 4. The van der Waals surface area contributed by atoms with E-state index in [1.807, 2.05) is 19.1 Å². The van der Waals surface area contributed by atoms with Crippen LogP contribution in [0.4, 0.5) is 5.13 Å². The summed E-state index contributed by atoms with van der Waals surface area (Å²) in [4.78, 5) is 16.3. The fourth-order valence-electron chi connectivity index (χ4n) is 2.16. The zero-order chi connectivity index (χ0) is 13.4. The summed E-state index contributed by atoms with van der Waals surface area (Å²) in [5, 5.41) is 3.51. The Labute approximate surface area is 116 Å². The Balaban J connectivity index is 1.68. The van der Waals surface area contributed by atoms with Crippen molar-refractivity contribution >= 4 is 32.6 Å². The summed E-state index contributed by atoms with van der Waals surface area (Å²) in [5.74, 6) is 0.513. The number of aryl methyl sites for hydroxylation is 1. The first kappa shape index (κ1) is 12.6. The van der Waals surface area contributed by atoms with Crippen molar-refractivity contribution in [1.82, 2.24) is 4.98 Å². The summed E-state index contributed by atoms with van der Waals surface area (Å²) in [6.07, 6.45) is 2.71. The Morgan fingerprint density at radius 3 is 3.11 bits per heavy atom. The van der Waals surface area contributed by atoms with Crippen molar-refractivity contribution in [2.24, 2.45) is 11.7 Å². The molecule has 1 amide bonds. The van der Waals surface area contributed by atoms with E-state index in [1.165, 1.54) is 16.9 Å². The number of thiazole rings is 1. The molecule has 1 heterocycles. The number of aromatic nitrogens is 1. The van der Waals surface area contributed by atoms with Crippen LogP contribution >= 0.6 is 11.3 Å². The zero-order valence-electron chi connectivity index (χ0n) is 10.8. The van der Waals surface area contributed by atoms with Crippen LogP contribution in [0.25, 0.3) is 10.2 Å². The van der Waals surface area contributed by atoms with Crippen molar-refractivity contribution in [3.05, 3.63) is 23.8 Å². The van der Waals surface area contributed by atoms with Gasteiger partial charge in [-0.3, -0.25) is 4.79 Å². The molecule has 100 valence electrons. The zero-order valence-corrected chi connectivity index (χ0v) is 11.7. The molecule has 0 radical (unpaired) electrons. The van der Waals surface area contributed by atoms with E-state index in [0.717, 1.165) is 23.1 Å². The predicted molar refractivity (Wildman–Crippen MR) is 78.3 cm³/mol. The number of amides is 1. The first-order chi connectivity index (χ1) is 9.11. The fraction of sp³-hybridized carbons (Fsp3) is 0.429. The van der Waals surface area contributed by atoms with Crippen molar-refractivity contribution in [3.8, 4) is 0 Å². The number of carbonyl (C=O) groups excluding carboxylic acids is 1. The van der Waals surface area contributed by atoms with Crippen molar-refractivity contribution in [2.45, 2.75) is 32.2 Å². The normalized spacial score (nSPS) is 16.5. The van der Waals surface area contributed by atoms with Crippen molar-refractivity contribution in [2.75, 3.05) is 5.32 Å². The Hall–Kier alpha value is -1.46. The van der Waals surface area contributed by atoms with Crippen LogP contribution in [-0.2, 0) is 4.79 Å². The molecule has 1 unspecified atom stereocenters. The van der Waals surface area contributed by atoms with E-state index < -0.39 is 0 Å². The second-order valence-electron chi connectivity index (χ2n) is 5.24. The molecule has 1 atom stereocenters. The number of anilines is 1. The van der Waals surface area contributed by atoms with Crippen molar-refractivity contribution < 1.29 is 4.79 Å². The molecule has 1 aromatic heterocycles. The molecule has 1 saturated carbocycles. The van der Waals surface area contributed by atoms with Crippen molar-refractivity contribution in [1.29, 1.82) is 0 Å². The SMILES string of the molecule is Cc1ccc2nc(NC(=O)CC(N)C3CC3)sc2c1. The first-order valence-corrected chi connectivity index (χ1v) is 7.36. The van der Waals surface area contributed by atoms with Gasteiger partial charge in [0.2, 0.25) is 5.91 Å². The summed E-state index contributed by atoms with van der Waals surface area (Å²) in [6, 6.07) is 6.08. The van der Waals surface area contributed by atoms with Crippen LogP contribution in [0, 0.1) is 12.8 Å². The summed E-state index contributed by atoms with van der Waals surface area (Å²) in [7, 11) is 0. The molecule has 0 saturated heterocycles. The number of nitrogens with two attached hydrogens (primary N) is 1. The van der Waals surface area contributed by atoms with Gasteiger partial charge >= 0.3 is 0 Å². The van der Waals surface area contributed by atoms with Gasteiger partial charge in [0, 0.05) is 12.5 Å². The summed E-state index contributed by atoms with van der Waals surface area (Å²) in [5.41, 5.74) is 8.08. The van der Waals surface area contributed by atoms with Crippen molar-refractivity contribution in [3.63, 3.8) is 0 Å². The predicted octanol–water partition coefficient (Wildman–Crippen LogP) is 2.67. The molecule has 19 heavy (non-hydrogen) atoms. The minimum Gasteiger partial charge on any atom is -0.327 e. The number of benzene rings is 1. The summed E-state index contributed by atoms with van der Waals surface area (Å²) < 4.78 is 1.10. The number of nitrogens with zero attached hydrogens (tertiary/aromatic N) is 1. The number of hydrogen-bond donors (Lipinski definition) is 2. The van der Waals surface area contributed by atoms with Gasteiger partial charge in [-0.2, -0.15) is 0 Å². The van der Waals surface area contributed by atoms with E-state index in [9.17, 15) is 4.79 Å². The van der Waals surface area contributed by atoms with Gasteiger partial charge in [0.15, 0.2) is 5.13 Å². The maximum Gasteiger partial charge on any atom is 0.227 e. The molecule has 4 nitrogen and oxygen atoms in total. The third kappa shape index (κ3) is 2.93. The highest BCUT2D eigenvalue weighted by molar-refractivity contribution is 7.22. The van der Waals surface area contributed by atoms with Gasteiger partial charge in [0.05, 0.1) is 10.2 Å². The molecule has 3 rings (SSSR count). The molecular weight excluding hydrogens is 258 g/mol. The van der Waals surface area contributed by atoms with Crippen LogP contribution in [0.15, 0.2) is 18.2 Å². The van der Waals surface area contributed by atoms with E-state index in [0.29, 0.717) is 17.5 Å². The largest absolute Gasteiger partial charge is 0.327 e. The minimum absolute atomic E-state index is 0.00313. The van der Waals surface area contributed by atoms with E-state index in [-0.39, 0.29) is 11.9 Å². The standard InChI is InChI=1S/C14H17N3OS/c1-8-2-5-11-12(6-8)19-14(16-11)17-13(18)7-10(15)9-3-4-9/h2,5-6,9-10H,3-4,7,15H2,1H3,(H,16,17,18). The van der Waals surface area contributed by atoms with E-state index in [2.05, 4.69) is 16.4 Å². The summed E-state index contributed by atoms with van der Waals surface area (Å²) >= 11 is 1.51. The number of nitrogens with one attached hydrogen (secondary N) is 1. The van der Waals surface area contributed by atoms with E-state index in [1.54, 1.807) is 0 Å². The Bertz CT molecular complexity index is 618. The Morgan fingerprint density at radius 1 is 1.58 bits per heavy atom. The van der Waals surface area contributed by atoms with Crippen LogP contribution < -0.4 is 11.1 Å². The quantitative estimate of drug-likeness (QED) is 0.901. The molecule has 1 aliphatic carbocycles.